The molecule has 0 radical (unpaired) electrons. The third-order valence-electron chi connectivity index (χ3n) is 7.59. The number of cyclic esters (lactones) is 1. The Morgan fingerprint density at radius 3 is 2.73 bits per heavy atom. The minimum absolute atomic E-state index is 0.0124. The Hall–Kier alpha value is -4.05. The van der Waals surface area contributed by atoms with Crippen molar-refractivity contribution in [1.82, 2.24) is 14.9 Å². The van der Waals surface area contributed by atoms with Gasteiger partial charge >= 0.3 is 12.1 Å². The fraction of sp³-hybridized carbons (Fsp3) is 0.367. The number of fused-ring (bicyclic) bond motifs is 4. The zero-order valence-electron chi connectivity index (χ0n) is 22.7. The number of hydrogen-bond donors (Lipinski definition) is 1. The summed E-state index contributed by atoms with van der Waals surface area (Å²) >= 11 is 5.92. The van der Waals surface area contributed by atoms with E-state index in [0.717, 1.165) is 5.56 Å². The number of carbonyl (C=O) groups excluding carboxylic acids is 3. The molecule has 4 heterocycles. The molecule has 214 valence electrons. The summed E-state index contributed by atoms with van der Waals surface area (Å²) in [6, 6.07) is 10.1. The predicted molar refractivity (Wildman–Crippen MR) is 150 cm³/mol. The zero-order chi connectivity index (χ0) is 29.1. The number of pyridine rings is 2. The first-order chi connectivity index (χ1) is 19.7. The molecule has 41 heavy (non-hydrogen) atoms. The highest BCUT2D eigenvalue weighted by Gasteiger charge is 2.36. The lowest BCUT2D eigenvalue weighted by atomic mass is 9.93. The number of benzene rings is 1. The van der Waals surface area contributed by atoms with Crippen LogP contribution in [0.5, 0.6) is 0 Å². The standard InChI is InChI=1S/C30H30ClFN4O5/c1-17-4-3-5-24(36-13-10-25(41-30(36)39)28-27(32)21(31)9-12-34-28)19-8-11-33-22(16-19)20-7-6-18(15-26(37)40-2)14-23(20)35-29(17)38/h6-9,11-12,14,16-17,24-25H,3-5,10,13,15H2,1-2H3,(H,35,38)/t17-,24+,25+/m1/s1. The number of esters is 1. The van der Waals surface area contributed by atoms with E-state index in [9.17, 15) is 18.8 Å². The molecule has 2 aliphatic heterocycles. The molecular weight excluding hydrogens is 551 g/mol. The van der Waals surface area contributed by atoms with Crippen LogP contribution in [-0.2, 0) is 25.5 Å². The van der Waals surface area contributed by atoms with Crippen molar-refractivity contribution in [2.75, 3.05) is 19.0 Å². The van der Waals surface area contributed by atoms with Crippen LogP contribution in [-0.4, -0.2) is 46.5 Å². The van der Waals surface area contributed by atoms with E-state index in [4.69, 9.17) is 21.1 Å². The van der Waals surface area contributed by atoms with Crippen LogP contribution in [0.2, 0.25) is 5.02 Å². The number of methoxy groups -OCH3 is 1. The van der Waals surface area contributed by atoms with Crippen molar-refractivity contribution >= 4 is 35.3 Å². The summed E-state index contributed by atoms with van der Waals surface area (Å²) < 4.78 is 25.1. The Kier molecular flexibility index (Phi) is 8.49. The molecule has 2 aromatic heterocycles. The van der Waals surface area contributed by atoms with Crippen molar-refractivity contribution in [3.05, 3.63) is 76.5 Å². The van der Waals surface area contributed by atoms with Gasteiger partial charge in [0.2, 0.25) is 5.91 Å². The molecule has 1 saturated heterocycles. The molecular formula is C30H30ClFN4O5. The highest BCUT2D eigenvalue weighted by atomic mass is 35.5. The fourth-order valence-electron chi connectivity index (χ4n) is 5.31. The van der Waals surface area contributed by atoms with E-state index in [1.165, 1.54) is 19.4 Å². The van der Waals surface area contributed by atoms with Crippen molar-refractivity contribution in [1.29, 1.82) is 0 Å². The van der Waals surface area contributed by atoms with Gasteiger partial charge in [-0.25, -0.2) is 9.18 Å². The molecule has 0 saturated carbocycles. The number of hydrogen-bond acceptors (Lipinski definition) is 7. The van der Waals surface area contributed by atoms with Crippen LogP contribution in [0, 0.1) is 11.7 Å². The molecule has 0 unspecified atom stereocenters. The second kappa shape index (κ2) is 12.2. The van der Waals surface area contributed by atoms with E-state index in [1.807, 2.05) is 25.1 Å². The van der Waals surface area contributed by atoms with Gasteiger partial charge in [-0.1, -0.05) is 37.1 Å². The van der Waals surface area contributed by atoms with Crippen LogP contribution in [0.1, 0.15) is 61.6 Å². The van der Waals surface area contributed by atoms with Gasteiger partial charge in [-0.2, -0.15) is 0 Å². The van der Waals surface area contributed by atoms with Gasteiger partial charge in [0.25, 0.3) is 0 Å². The number of anilines is 1. The first kappa shape index (κ1) is 28.5. The summed E-state index contributed by atoms with van der Waals surface area (Å²) in [6.45, 7) is 2.18. The van der Waals surface area contributed by atoms with E-state index >= 15 is 0 Å². The molecule has 0 spiro atoms. The maximum atomic E-state index is 14.6. The third kappa shape index (κ3) is 6.17. The van der Waals surface area contributed by atoms with E-state index < -0.39 is 18.0 Å². The van der Waals surface area contributed by atoms with Gasteiger partial charge < -0.3 is 19.7 Å². The lowest BCUT2D eigenvalue weighted by molar-refractivity contribution is -0.139. The average Bonchev–Trinajstić information content (AvgIpc) is 2.96. The number of amides is 2. The molecule has 1 aromatic carbocycles. The van der Waals surface area contributed by atoms with Gasteiger partial charge in [0.05, 0.1) is 36.0 Å². The van der Waals surface area contributed by atoms with Crippen LogP contribution in [0.15, 0.2) is 48.8 Å². The lowest BCUT2D eigenvalue weighted by Gasteiger charge is -2.37. The molecule has 11 heteroatoms. The first-order valence-corrected chi connectivity index (χ1v) is 13.9. The second-order valence-electron chi connectivity index (χ2n) is 10.3. The topological polar surface area (TPSA) is 111 Å². The molecule has 0 aliphatic carbocycles. The number of nitrogens with one attached hydrogen (secondary N) is 1. The monoisotopic (exact) mass is 580 g/mol. The molecule has 2 aliphatic rings. The normalized spacial score (nSPS) is 21.1. The third-order valence-corrected chi connectivity index (χ3v) is 7.88. The Morgan fingerprint density at radius 1 is 1.15 bits per heavy atom. The molecule has 1 N–H and O–H groups in total. The zero-order valence-corrected chi connectivity index (χ0v) is 23.5. The van der Waals surface area contributed by atoms with Gasteiger partial charge in [-0.05, 0) is 48.2 Å². The average molecular weight is 581 g/mol. The Labute approximate surface area is 242 Å². The van der Waals surface area contributed by atoms with Crippen molar-refractivity contribution in [2.45, 2.75) is 51.2 Å². The van der Waals surface area contributed by atoms with E-state index in [2.05, 4.69) is 15.3 Å². The van der Waals surface area contributed by atoms with Crippen LogP contribution in [0.3, 0.4) is 0 Å². The molecule has 9 nitrogen and oxygen atoms in total. The molecule has 5 rings (SSSR count). The van der Waals surface area contributed by atoms with Gasteiger partial charge in [0, 0.05) is 36.8 Å². The van der Waals surface area contributed by atoms with Crippen LogP contribution in [0.4, 0.5) is 14.9 Å². The minimum Gasteiger partial charge on any atom is -0.469 e. The van der Waals surface area contributed by atoms with E-state index in [1.54, 1.807) is 23.2 Å². The van der Waals surface area contributed by atoms with Gasteiger partial charge in [0.1, 0.15) is 5.69 Å². The fourth-order valence-corrected chi connectivity index (χ4v) is 5.46. The Morgan fingerprint density at radius 2 is 1.95 bits per heavy atom. The van der Waals surface area contributed by atoms with E-state index in [-0.39, 0.29) is 41.0 Å². The molecule has 2 bridgehead atoms. The van der Waals surface area contributed by atoms with Gasteiger partial charge in [-0.15, -0.1) is 0 Å². The van der Waals surface area contributed by atoms with Crippen LogP contribution >= 0.6 is 11.6 Å². The quantitative estimate of drug-likeness (QED) is 0.375. The molecule has 2 amide bonds. The number of aromatic nitrogens is 2. The van der Waals surface area contributed by atoms with Crippen LogP contribution < -0.4 is 5.32 Å². The number of rotatable bonds is 4. The van der Waals surface area contributed by atoms with Gasteiger partial charge in [0.15, 0.2) is 11.9 Å². The maximum absolute atomic E-state index is 14.6. The molecule has 3 atom stereocenters. The number of nitrogens with zero attached hydrogens (tertiary/aromatic N) is 3. The van der Waals surface area contributed by atoms with Crippen molar-refractivity contribution in [3.8, 4) is 11.3 Å². The molecule has 3 aromatic rings. The summed E-state index contributed by atoms with van der Waals surface area (Å²) in [5.41, 5.74) is 3.40. The SMILES string of the molecule is COC(=O)Cc1ccc2c(c1)NC(=O)[C@H](C)CCC[C@H](N1CC[C@@H](c3nccc(Cl)c3F)OC1=O)c1ccnc-2c1. The highest BCUT2D eigenvalue weighted by molar-refractivity contribution is 6.30. The van der Waals surface area contributed by atoms with Gasteiger partial charge in [-0.3, -0.25) is 19.6 Å². The maximum Gasteiger partial charge on any atom is 0.410 e. The van der Waals surface area contributed by atoms with Crippen molar-refractivity contribution in [3.63, 3.8) is 0 Å². The van der Waals surface area contributed by atoms with E-state index in [0.29, 0.717) is 54.7 Å². The lowest BCUT2D eigenvalue weighted by Crippen LogP contribution is -2.42. The van der Waals surface area contributed by atoms with Crippen LogP contribution in [0.25, 0.3) is 11.3 Å². The van der Waals surface area contributed by atoms with Crippen molar-refractivity contribution in [2.24, 2.45) is 5.92 Å². The summed E-state index contributed by atoms with van der Waals surface area (Å²) in [4.78, 5) is 48.6. The summed E-state index contributed by atoms with van der Waals surface area (Å²) in [5.74, 6) is -1.52. The number of halogens is 2. The largest absolute Gasteiger partial charge is 0.469 e. The molecule has 1 fully saturated rings. The summed E-state index contributed by atoms with van der Waals surface area (Å²) in [7, 11) is 1.33. The Balaban J connectivity index is 1.47. The smallest absolute Gasteiger partial charge is 0.410 e. The predicted octanol–water partition coefficient (Wildman–Crippen LogP) is 6.03. The number of ether oxygens (including phenoxy) is 2. The number of carbonyl (C=O) groups is 3. The summed E-state index contributed by atoms with van der Waals surface area (Å²) in [5, 5.41) is 2.94. The summed E-state index contributed by atoms with van der Waals surface area (Å²) in [6.07, 6.45) is 3.92. The van der Waals surface area contributed by atoms with Crippen molar-refractivity contribution < 1.29 is 28.2 Å². The highest BCUT2D eigenvalue weighted by Crippen LogP contribution is 2.38. The minimum atomic E-state index is -0.841. The second-order valence-corrected chi connectivity index (χ2v) is 10.7. The Bertz CT molecular complexity index is 1480. The first-order valence-electron chi connectivity index (χ1n) is 13.5.